The number of hydrogen-bond acceptors (Lipinski definition) is 3. The van der Waals surface area contributed by atoms with Gasteiger partial charge >= 0.3 is 0 Å². The molecule has 0 bridgehead atoms. The largest absolute Gasteiger partial charge is 0.391 e. The zero-order valence-electron chi connectivity index (χ0n) is 8.13. The second kappa shape index (κ2) is 3.99. The van der Waals surface area contributed by atoms with Crippen LogP contribution in [-0.2, 0) is 0 Å². The van der Waals surface area contributed by atoms with Crippen LogP contribution in [0.3, 0.4) is 0 Å². The van der Waals surface area contributed by atoms with E-state index in [0.717, 1.165) is 6.42 Å². The second-order valence-corrected chi connectivity index (χ2v) is 5.72. The van der Waals surface area contributed by atoms with Crippen LogP contribution in [0.5, 0.6) is 0 Å². The van der Waals surface area contributed by atoms with Crippen LogP contribution in [-0.4, -0.2) is 35.3 Å². The van der Waals surface area contributed by atoms with Gasteiger partial charge in [-0.2, -0.15) is 11.8 Å². The van der Waals surface area contributed by atoms with E-state index in [9.17, 15) is 5.11 Å². The summed E-state index contributed by atoms with van der Waals surface area (Å²) >= 11 is 1.97. The molecule has 72 valence electrons. The summed E-state index contributed by atoms with van der Waals surface area (Å²) in [6, 6.07) is 0. The zero-order valence-corrected chi connectivity index (χ0v) is 8.95. The van der Waals surface area contributed by atoms with E-state index in [1.165, 1.54) is 5.75 Å². The van der Waals surface area contributed by atoms with Crippen molar-refractivity contribution < 1.29 is 5.11 Å². The van der Waals surface area contributed by atoms with E-state index in [-0.39, 0.29) is 10.9 Å². The van der Waals surface area contributed by atoms with Crippen LogP contribution in [0.15, 0.2) is 0 Å². The topological polar surface area (TPSA) is 32.3 Å². The summed E-state index contributed by atoms with van der Waals surface area (Å²) in [5, 5.41) is 12.8. The fraction of sp³-hybridized carbons (Fsp3) is 1.00. The Bertz CT molecular complexity index is 149. The molecule has 0 saturated carbocycles. The predicted octanol–water partition coefficient (Wildman–Crippen LogP) is 1.10. The maximum absolute atomic E-state index is 9.81. The monoisotopic (exact) mass is 189 g/mol. The lowest BCUT2D eigenvalue weighted by atomic mass is 9.87. The Balaban J connectivity index is 2.50. The molecule has 1 fully saturated rings. The van der Waals surface area contributed by atoms with E-state index in [1.54, 1.807) is 0 Å². The molecular weight excluding hydrogens is 170 g/mol. The highest BCUT2D eigenvalue weighted by Gasteiger charge is 2.39. The van der Waals surface area contributed by atoms with Crippen LogP contribution in [0, 0.1) is 5.92 Å². The normalized spacial score (nSPS) is 30.5. The van der Waals surface area contributed by atoms with Crippen molar-refractivity contribution in [1.82, 2.24) is 5.32 Å². The van der Waals surface area contributed by atoms with Crippen LogP contribution in [0.25, 0.3) is 0 Å². The van der Waals surface area contributed by atoms with E-state index < -0.39 is 0 Å². The average Bonchev–Trinajstić information content (AvgIpc) is 2.30. The summed E-state index contributed by atoms with van der Waals surface area (Å²) in [7, 11) is 1.89. The van der Waals surface area contributed by atoms with Crippen molar-refractivity contribution in [3.05, 3.63) is 0 Å². The van der Waals surface area contributed by atoms with Gasteiger partial charge in [0.2, 0.25) is 0 Å². The van der Waals surface area contributed by atoms with Gasteiger partial charge in [-0.25, -0.2) is 0 Å². The van der Waals surface area contributed by atoms with Crippen molar-refractivity contribution in [3.8, 4) is 0 Å². The first-order valence-corrected chi connectivity index (χ1v) is 5.53. The molecule has 0 aromatic carbocycles. The minimum absolute atomic E-state index is 0.181. The van der Waals surface area contributed by atoms with Gasteiger partial charge in [0.1, 0.15) is 0 Å². The predicted molar refractivity (Wildman–Crippen MR) is 54.6 cm³/mol. The summed E-state index contributed by atoms with van der Waals surface area (Å²) in [6.45, 7) is 5.18. The van der Waals surface area contributed by atoms with Gasteiger partial charge in [-0.15, -0.1) is 0 Å². The molecule has 3 heteroatoms. The number of rotatable bonds is 3. The maximum atomic E-state index is 9.81. The summed E-state index contributed by atoms with van der Waals surface area (Å²) in [5.41, 5.74) is 0. The highest BCUT2D eigenvalue weighted by atomic mass is 32.2. The van der Waals surface area contributed by atoms with Crippen LogP contribution >= 0.6 is 11.8 Å². The number of thioether (sulfide) groups is 1. The smallest absolute Gasteiger partial charge is 0.0705 e. The van der Waals surface area contributed by atoms with Gasteiger partial charge in [0.05, 0.1) is 6.10 Å². The van der Waals surface area contributed by atoms with Crippen LogP contribution in [0.2, 0.25) is 0 Å². The molecule has 0 radical (unpaired) electrons. The fourth-order valence-electron chi connectivity index (χ4n) is 1.91. The minimum Gasteiger partial charge on any atom is -0.391 e. The van der Waals surface area contributed by atoms with Gasteiger partial charge in [0.15, 0.2) is 0 Å². The van der Waals surface area contributed by atoms with Gasteiger partial charge < -0.3 is 10.4 Å². The number of aliphatic hydroxyl groups excluding tert-OH is 1. The molecule has 0 aliphatic carbocycles. The van der Waals surface area contributed by atoms with Gasteiger partial charge in [-0.1, -0.05) is 13.8 Å². The van der Waals surface area contributed by atoms with Crippen molar-refractivity contribution in [3.63, 3.8) is 0 Å². The van der Waals surface area contributed by atoms with E-state index in [4.69, 9.17) is 0 Å². The highest BCUT2D eigenvalue weighted by Crippen LogP contribution is 2.43. The van der Waals surface area contributed by atoms with Crippen molar-refractivity contribution >= 4 is 11.8 Å². The molecule has 12 heavy (non-hydrogen) atoms. The molecule has 1 saturated heterocycles. The lowest BCUT2D eigenvalue weighted by molar-refractivity contribution is 0.0947. The van der Waals surface area contributed by atoms with Crippen LogP contribution in [0.4, 0.5) is 0 Å². The molecule has 2 atom stereocenters. The number of hydrogen-bond donors (Lipinski definition) is 2. The average molecular weight is 189 g/mol. The Hall–Kier alpha value is 0.270. The number of aliphatic hydroxyl groups is 1. The minimum atomic E-state index is -0.181. The SMILES string of the molecule is CNCC(O)C1CCSC1(C)C. The molecule has 1 rings (SSSR count). The molecule has 2 nitrogen and oxygen atoms in total. The third-order valence-electron chi connectivity index (χ3n) is 2.67. The van der Waals surface area contributed by atoms with Crippen molar-refractivity contribution in [2.75, 3.05) is 19.3 Å². The van der Waals surface area contributed by atoms with Crippen molar-refractivity contribution in [2.24, 2.45) is 5.92 Å². The summed E-state index contributed by atoms with van der Waals surface area (Å²) < 4.78 is 0.260. The Labute approximate surface area is 79.1 Å². The molecule has 0 aromatic rings. The molecule has 0 aromatic heterocycles. The third kappa shape index (κ3) is 2.15. The van der Waals surface area contributed by atoms with E-state index >= 15 is 0 Å². The molecule has 1 aliphatic heterocycles. The highest BCUT2D eigenvalue weighted by molar-refractivity contribution is 8.00. The molecule has 1 heterocycles. The van der Waals surface area contributed by atoms with Crippen molar-refractivity contribution in [2.45, 2.75) is 31.1 Å². The second-order valence-electron chi connectivity index (χ2n) is 3.97. The summed E-state index contributed by atoms with van der Waals surface area (Å²) in [4.78, 5) is 0. The van der Waals surface area contributed by atoms with E-state index in [1.807, 2.05) is 18.8 Å². The fourth-order valence-corrected chi connectivity index (χ4v) is 3.30. The molecule has 2 unspecified atom stereocenters. The number of likely N-dealkylation sites (N-methyl/N-ethyl adjacent to an activating group) is 1. The Morgan fingerprint density at radius 1 is 1.67 bits per heavy atom. The van der Waals surface area contributed by atoms with Gasteiger partial charge in [0.25, 0.3) is 0 Å². The Kier molecular flexibility index (Phi) is 3.44. The van der Waals surface area contributed by atoms with E-state index in [2.05, 4.69) is 19.2 Å². The standard InChI is InChI=1S/C9H19NOS/c1-9(2)7(4-5-12-9)8(11)6-10-3/h7-8,10-11H,4-6H2,1-3H3. The summed E-state index contributed by atoms with van der Waals surface area (Å²) in [6.07, 6.45) is 0.973. The quantitative estimate of drug-likeness (QED) is 0.697. The first kappa shape index (κ1) is 10.4. The third-order valence-corrected chi connectivity index (χ3v) is 4.16. The lowest BCUT2D eigenvalue weighted by Crippen LogP contribution is -2.38. The van der Waals surface area contributed by atoms with Crippen LogP contribution in [0.1, 0.15) is 20.3 Å². The van der Waals surface area contributed by atoms with Gasteiger partial charge in [-0.3, -0.25) is 0 Å². The molecule has 1 aliphatic rings. The lowest BCUT2D eigenvalue weighted by Gasteiger charge is -2.29. The maximum Gasteiger partial charge on any atom is 0.0705 e. The zero-order chi connectivity index (χ0) is 9.19. The van der Waals surface area contributed by atoms with Crippen molar-refractivity contribution in [1.29, 1.82) is 0 Å². The molecular formula is C9H19NOS. The Morgan fingerprint density at radius 3 is 2.75 bits per heavy atom. The molecule has 0 amide bonds. The molecule has 2 N–H and O–H groups in total. The molecule has 0 spiro atoms. The summed E-state index contributed by atoms with van der Waals surface area (Å²) in [5.74, 6) is 1.65. The van der Waals surface area contributed by atoms with Gasteiger partial charge in [-0.05, 0) is 19.2 Å². The van der Waals surface area contributed by atoms with E-state index in [0.29, 0.717) is 12.5 Å². The number of nitrogens with one attached hydrogen (secondary N) is 1. The first-order chi connectivity index (χ1) is 5.58. The Morgan fingerprint density at radius 2 is 2.33 bits per heavy atom. The first-order valence-electron chi connectivity index (χ1n) is 4.54. The van der Waals surface area contributed by atoms with Crippen LogP contribution < -0.4 is 5.32 Å². The van der Waals surface area contributed by atoms with Gasteiger partial charge in [0, 0.05) is 17.2 Å².